The van der Waals surface area contributed by atoms with E-state index in [9.17, 15) is 0 Å². The number of hydrogen-bond donors (Lipinski definition) is 0. The van der Waals surface area contributed by atoms with Crippen molar-refractivity contribution in [2.24, 2.45) is 0 Å². The first kappa shape index (κ1) is 26.1. The predicted octanol–water partition coefficient (Wildman–Crippen LogP) is 13.9. The maximum atomic E-state index is 6.92. The van der Waals surface area contributed by atoms with E-state index >= 15 is 0 Å². The fourth-order valence-corrected chi connectivity index (χ4v) is 9.40. The predicted molar refractivity (Wildman–Crippen MR) is 208 cm³/mol. The minimum atomic E-state index is 0.919. The van der Waals surface area contributed by atoms with Crippen LogP contribution < -0.4 is 0 Å². The molecule has 2 aromatic heterocycles. The van der Waals surface area contributed by atoms with E-state index < -0.39 is 0 Å². The van der Waals surface area contributed by atoms with Gasteiger partial charge >= 0.3 is 0 Å². The summed E-state index contributed by atoms with van der Waals surface area (Å²) < 4.78 is 9.55. The average molecular weight is 627 g/mol. The molecule has 1 nitrogen and oxygen atoms in total. The van der Waals surface area contributed by atoms with Crippen LogP contribution in [0.5, 0.6) is 0 Å². The lowest BCUT2D eigenvalue weighted by Gasteiger charge is -2.18. The summed E-state index contributed by atoms with van der Waals surface area (Å²) >= 11 is 1.88. The van der Waals surface area contributed by atoms with Crippen molar-refractivity contribution < 1.29 is 4.42 Å². The van der Waals surface area contributed by atoms with Crippen molar-refractivity contribution in [2.75, 3.05) is 0 Å². The minimum absolute atomic E-state index is 0.919. The molecule has 0 aliphatic carbocycles. The van der Waals surface area contributed by atoms with Crippen LogP contribution in [-0.4, -0.2) is 0 Å². The second-order valence-electron chi connectivity index (χ2n) is 12.8. The highest BCUT2D eigenvalue weighted by Gasteiger charge is 2.21. The molecule has 0 radical (unpaired) electrons. The Morgan fingerprint density at radius 1 is 0.375 bits per heavy atom. The van der Waals surface area contributed by atoms with Crippen LogP contribution in [0.15, 0.2) is 162 Å². The molecule has 222 valence electrons. The van der Waals surface area contributed by atoms with Crippen LogP contribution in [0.2, 0.25) is 0 Å². The molecule has 11 aromatic rings. The first-order valence-corrected chi connectivity index (χ1v) is 17.2. The molecule has 0 aliphatic rings. The van der Waals surface area contributed by atoms with Crippen molar-refractivity contribution in [1.82, 2.24) is 0 Å². The fraction of sp³-hybridized carbons (Fsp3) is 0. The third kappa shape index (κ3) is 3.55. The highest BCUT2D eigenvalue weighted by molar-refractivity contribution is 7.27. The van der Waals surface area contributed by atoms with Gasteiger partial charge in [-0.1, -0.05) is 133 Å². The summed E-state index contributed by atoms with van der Waals surface area (Å²) in [6.45, 7) is 0. The van der Waals surface area contributed by atoms with Gasteiger partial charge < -0.3 is 4.42 Å². The Hall–Kier alpha value is -5.96. The lowest BCUT2D eigenvalue weighted by Crippen LogP contribution is -1.91. The molecule has 0 atom stereocenters. The van der Waals surface area contributed by atoms with Gasteiger partial charge in [-0.05, 0) is 78.8 Å². The van der Waals surface area contributed by atoms with Crippen molar-refractivity contribution >= 4 is 96.5 Å². The van der Waals surface area contributed by atoms with Gasteiger partial charge in [-0.25, -0.2) is 0 Å². The monoisotopic (exact) mass is 626 g/mol. The Labute approximate surface area is 279 Å². The summed E-state index contributed by atoms with van der Waals surface area (Å²) in [7, 11) is 0. The number of benzene rings is 9. The molecule has 0 amide bonds. The second-order valence-corrected chi connectivity index (χ2v) is 13.8. The standard InChI is InChI=1S/C46H26OS/c1-2-12-28-25-29(22-21-27(28)11-1)41-31-13-3-5-15-33(31)42(34-16-6-4-14-32(34)41)30-23-24-37-39(26-30)47-45-35-17-7-8-18-36(35)46-44(43(37)45)38-19-9-10-20-40(38)48-46/h1-26H. The zero-order chi connectivity index (χ0) is 31.3. The maximum Gasteiger partial charge on any atom is 0.143 e. The molecular weight excluding hydrogens is 601 g/mol. The zero-order valence-electron chi connectivity index (χ0n) is 25.8. The van der Waals surface area contributed by atoms with Crippen molar-refractivity contribution in [3.63, 3.8) is 0 Å². The van der Waals surface area contributed by atoms with Crippen molar-refractivity contribution in [3.05, 3.63) is 158 Å². The Kier molecular flexibility index (Phi) is 5.32. The molecule has 11 rings (SSSR count). The highest BCUT2D eigenvalue weighted by atomic mass is 32.1. The van der Waals surface area contributed by atoms with Crippen LogP contribution in [0.4, 0.5) is 0 Å². The number of rotatable bonds is 2. The molecule has 2 heterocycles. The zero-order valence-corrected chi connectivity index (χ0v) is 26.6. The largest absolute Gasteiger partial charge is 0.455 e. The van der Waals surface area contributed by atoms with Crippen molar-refractivity contribution in [3.8, 4) is 22.3 Å². The van der Waals surface area contributed by atoms with Crippen LogP contribution in [0.1, 0.15) is 0 Å². The summed E-state index contributed by atoms with van der Waals surface area (Å²) in [4.78, 5) is 0. The first-order valence-electron chi connectivity index (χ1n) is 16.4. The molecule has 9 aromatic carbocycles. The van der Waals surface area contributed by atoms with Crippen LogP contribution in [0, 0.1) is 0 Å². The first-order chi connectivity index (χ1) is 23.8. The van der Waals surface area contributed by atoms with Gasteiger partial charge in [0, 0.05) is 41.7 Å². The summed E-state index contributed by atoms with van der Waals surface area (Å²) in [5, 5.41) is 14.9. The summed E-state index contributed by atoms with van der Waals surface area (Å²) in [5.41, 5.74) is 6.80. The molecule has 0 spiro atoms. The van der Waals surface area contributed by atoms with Gasteiger partial charge in [-0.15, -0.1) is 11.3 Å². The van der Waals surface area contributed by atoms with E-state index in [1.165, 1.54) is 85.3 Å². The molecule has 0 N–H and O–H groups in total. The lowest BCUT2D eigenvalue weighted by molar-refractivity contribution is 0.673. The lowest BCUT2D eigenvalue weighted by atomic mass is 9.85. The molecule has 0 saturated carbocycles. The minimum Gasteiger partial charge on any atom is -0.455 e. The van der Waals surface area contributed by atoms with Gasteiger partial charge in [0.05, 0.1) is 0 Å². The third-order valence-electron chi connectivity index (χ3n) is 10.2. The topological polar surface area (TPSA) is 13.1 Å². The van der Waals surface area contributed by atoms with Gasteiger partial charge in [-0.3, -0.25) is 0 Å². The Bertz CT molecular complexity index is 3060. The number of hydrogen-bond acceptors (Lipinski definition) is 2. The summed E-state index contributed by atoms with van der Waals surface area (Å²) in [6.07, 6.45) is 0. The van der Waals surface area contributed by atoms with Crippen molar-refractivity contribution in [1.29, 1.82) is 0 Å². The molecule has 48 heavy (non-hydrogen) atoms. The van der Waals surface area contributed by atoms with Gasteiger partial charge in [0.2, 0.25) is 0 Å². The van der Waals surface area contributed by atoms with Gasteiger partial charge in [0.25, 0.3) is 0 Å². The van der Waals surface area contributed by atoms with Gasteiger partial charge in [-0.2, -0.15) is 0 Å². The molecular formula is C46H26OS. The van der Waals surface area contributed by atoms with Crippen LogP contribution in [-0.2, 0) is 0 Å². The number of fused-ring (bicyclic) bond motifs is 13. The maximum absolute atomic E-state index is 6.92. The van der Waals surface area contributed by atoms with E-state index in [1.807, 2.05) is 11.3 Å². The molecule has 0 aliphatic heterocycles. The SMILES string of the molecule is c1ccc2cc(-c3c4ccccc4c(-c4ccc5c(c4)oc4c6ccccc6c6sc7ccccc7c6c54)c4ccccc34)ccc2c1. The molecule has 0 unspecified atom stereocenters. The van der Waals surface area contributed by atoms with E-state index in [2.05, 4.69) is 158 Å². The van der Waals surface area contributed by atoms with E-state index in [1.54, 1.807) is 0 Å². The van der Waals surface area contributed by atoms with E-state index in [4.69, 9.17) is 4.42 Å². The van der Waals surface area contributed by atoms with Crippen LogP contribution >= 0.6 is 11.3 Å². The Morgan fingerprint density at radius 2 is 0.917 bits per heavy atom. The Balaban J connectivity index is 1.23. The summed E-state index contributed by atoms with van der Waals surface area (Å²) in [6, 6.07) is 57.6. The number of furan rings is 1. The van der Waals surface area contributed by atoms with Gasteiger partial charge in [0.1, 0.15) is 11.2 Å². The van der Waals surface area contributed by atoms with E-state index in [0.717, 1.165) is 22.1 Å². The fourth-order valence-electron chi connectivity index (χ4n) is 8.15. The second kappa shape index (κ2) is 9.78. The molecule has 0 fully saturated rings. The molecule has 0 saturated heterocycles. The van der Waals surface area contributed by atoms with Crippen LogP contribution in [0.25, 0.3) is 107 Å². The summed E-state index contributed by atoms with van der Waals surface area (Å²) in [5.74, 6) is 0. The highest BCUT2D eigenvalue weighted by Crippen LogP contribution is 2.49. The third-order valence-corrected chi connectivity index (χ3v) is 11.4. The van der Waals surface area contributed by atoms with Gasteiger partial charge in [0.15, 0.2) is 0 Å². The quantitative estimate of drug-likeness (QED) is 0.174. The molecule has 2 heteroatoms. The normalized spacial score (nSPS) is 12.2. The average Bonchev–Trinajstić information content (AvgIpc) is 3.72. The number of thiophene rings is 1. The Morgan fingerprint density at radius 3 is 1.62 bits per heavy atom. The van der Waals surface area contributed by atoms with Crippen LogP contribution in [0.3, 0.4) is 0 Å². The molecule has 0 bridgehead atoms. The van der Waals surface area contributed by atoms with Crippen molar-refractivity contribution in [2.45, 2.75) is 0 Å². The van der Waals surface area contributed by atoms with E-state index in [-0.39, 0.29) is 0 Å². The van der Waals surface area contributed by atoms with E-state index in [0.29, 0.717) is 0 Å². The smallest absolute Gasteiger partial charge is 0.143 e.